The SMILES string of the molecule is Cc1cc(C(=O)Nc2cc(Cl)cc(NS(C)(=O)=O)c2)cn1-c1ccc(N2CCC3(CC3)C2)cn1. The van der Waals surface area contributed by atoms with Crippen LogP contribution in [0.4, 0.5) is 17.1 Å². The van der Waals surface area contributed by atoms with Gasteiger partial charge in [0, 0.05) is 35.7 Å². The summed E-state index contributed by atoms with van der Waals surface area (Å²) in [5, 5.41) is 3.08. The van der Waals surface area contributed by atoms with E-state index in [9.17, 15) is 13.2 Å². The van der Waals surface area contributed by atoms with Crippen molar-refractivity contribution in [1.82, 2.24) is 9.55 Å². The first-order chi connectivity index (χ1) is 16.1. The molecule has 178 valence electrons. The number of benzene rings is 1. The summed E-state index contributed by atoms with van der Waals surface area (Å²) >= 11 is 6.09. The van der Waals surface area contributed by atoms with Gasteiger partial charge < -0.3 is 14.8 Å². The average molecular weight is 500 g/mol. The smallest absolute Gasteiger partial charge is 0.257 e. The number of sulfonamides is 1. The minimum Gasteiger partial charge on any atom is -0.370 e. The fraction of sp³-hybridized carbons (Fsp3) is 0.333. The lowest BCUT2D eigenvalue weighted by Gasteiger charge is -2.18. The van der Waals surface area contributed by atoms with Crippen LogP contribution in [0.5, 0.6) is 0 Å². The van der Waals surface area contributed by atoms with E-state index < -0.39 is 10.0 Å². The van der Waals surface area contributed by atoms with Gasteiger partial charge in [0.15, 0.2) is 0 Å². The summed E-state index contributed by atoms with van der Waals surface area (Å²) in [6, 6.07) is 10.4. The second-order valence-corrected chi connectivity index (χ2v) is 11.5. The van der Waals surface area contributed by atoms with Gasteiger partial charge in [0.05, 0.1) is 29.4 Å². The Kier molecular flexibility index (Phi) is 5.56. The summed E-state index contributed by atoms with van der Waals surface area (Å²) in [4.78, 5) is 19.9. The molecule has 0 unspecified atom stereocenters. The zero-order valence-electron chi connectivity index (χ0n) is 19.0. The summed E-state index contributed by atoms with van der Waals surface area (Å²) in [5.41, 5.74) is 3.67. The van der Waals surface area contributed by atoms with Crippen molar-refractivity contribution in [3.8, 4) is 5.82 Å². The molecular weight excluding hydrogens is 474 g/mol. The van der Waals surface area contributed by atoms with Gasteiger partial charge in [0.1, 0.15) is 5.82 Å². The van der Waals surface area contributed by atoms with Crippen molar-refractivity contribution in [3.05, 3.63) is 65.1 Å². The van der Waals surface area contributed by atoms with Crippen LogP contribution < -0.4 is 14.9 Å². The standard InChI is InChI=1S/C24H26ClN5O3S/c1-16-9-17(23(31)27-19-10-18(25)11-20(12-19)28-34(2,32)33)14-30(16)22-4-3-21(13-26-22)29-8-7-24(15-29)5-6-24/h3-4,9-14,28H,5-8,15H2,1-2H3,(H,27,31). The lowest BCUT2D eigenvalue weighted by Crippen LogP contribution is -2.20. The van der Waals surface area contributed by atoms with E-state index in [1.54, 1.807) is 18.3 Å². The Balaban J connectivity index is 1.31. The van der Waals surface area contributed by atoms with E-state index in [0.29, 0.717) is 21.7 Å². The van der Waals surface area contributed by atoms with Gasteiger partial charge in [-0.3, -0.25) is 9.52 Å². The highest BCUT2D eigenvalue weighted by Gasteiger charge is 2.47. The molecule has 2 aromatic heterocycles. The Labute approximate surface area is 204 Å². The van der Waals surface area contributed by atoms with Crippen molar-refractivity contribution in [2.45, 2.75) is 26.2 Å². The fourth-order valence-electron chi connectivity index (χ4n) is 4.53. The van der Waals surface area contributed by atoms with E-state index in [1.165, 1.54) is 31.4 Å². The molecule has 3 aromatic rings. The van der Waals surface area contributed by atoms with Crippen LogP contribution in [0, 0.1) is 12.3 Å². The Morgan fingerprint density at radius 2 is 1.88 bits per heavy atom. The maximum absolute atomic E-state index is 12.9. The minimum absolute atomic E-state index is 0.272. The number of rotatable bonds is 6. The van der Waals surface area contributed by atoms with Gasteiger partial charge in [0.25, 0.3) is 5.91 Å². The number of aromatic nitrogens is 2. The molecule has 1 aromatic carbocycles. The molecule has 1 aliphatic carbocycles. The molecule has 5 rings (SSSR count). The van der Waals surface area contributed by atoms with Gasteiger partial charge in [0.2, 0.25) is 10.0 Å². The lowest BCUT2D eigenvalue weighted by atomic mass is 10.1. The Morgan fingerprint density at radius 1 is 1.12 bits per heavy atom. The van der Waals surface area contributed by atoms with Crippen molar-refractivity contribution in [2.75, 3.05) is 34.3 Å². The van der Waals surface area contributed by atoms with Crippen LogP contribution >= 0.6 is 11.6 Å². The molecule has 1 saturated carbocycles. The van der Waals surface area contributed by atoms with Crippen LogP contribution in [0.25, 0.3) is 5.82 Å². The highest BCUT2D eigenvalue weighted by atomic mass is 35.5. The largest absolute Gasteiger partial charge is 0.370 e. The number of amides is 1. The number of hydrogen-bond acceptors (Lipinski definition) is 5. The predicted molar refractivity (Wildman–Crippen MR) is 135 cm³/mol. The number of halogens is 1. The first-order valence-electron chi connectivity index (χ1n) is 11.1. The van der Waals surface area contributed by atoms with Gasteiger partial charge >= 0.3 is 0 Å². The average Bonchev–Trinajstić information content (AvgIpc) is 3.19. The van der Waals surface area contributed by atoms with E-state index in [0.717, 1.165) is 36.5 Å². The molecule has 0 radical (unpaired) electrons. The van der Waals surface area contributed by atoms with Gasteiger partial charge in [-0.05, 0) is 68.0 Å². The van der Waals surface area contributed by atoms with Gasteiger partial charge in [-0.2, -0.15) is 0 Å². The summed E-state index contributed by atoms with van der Waals surface area (Å²) in [6.45, 7) is 4.11. The van der Waals surface area contributed by atoms with E-state index in [-0.39, 0.29) is 11.6 Å². The summed E-state index contributed by atoms with van der Waals surface area (Å²) in [7, 11) is -3.47. The number of pyridine rings is 1. The fourth-order valence-corrected chi connectivity index (χ4v) is 5.31. The monoisotopic (exact) mass is 499 g/mol. The van der Waals surface area contributed by atoms with Crippen molar-refractivity contribution in [3.63, 3.8) is 0 Å². The third kappa shape index (κ3) is 4.90. The number of nitrogens with zero attached hydrogens (tertiary/aromatic N) is 3. The normalized spacial score (nSPS) is 16.6. The molecule has 2 aliphatic rings. The summed E-state index contributed by atoms with van der Waals surface area (Å²) in [5.74, 6) is 0.404. The number of carbonyl (C=O) groups is 1. The Morgan fingerprint density at radius 3 is 2.53 bits per heavy atom. The van der Waals surface area contributed by atoms with Crippen LogP contribution in [-0.4, -0.2) is 43.2 Å². The maximum atomic E-state index is 12.9. The Bertz CT molecular complexity index is 1360. The van der Waals surface area contributed by atoms with Crippen LogP contribution in [-0.2, 0) is 10.0 Å². The minimum atomic E-state index is -3.47. The second-order valence-electron chi connectivity index (χ2n) is 9.34. The quantitative estimate of drug-likeness (QED) is 0.522. The van der Waals surface area contributed by atoms with Crippen molar-refractivity contribution < 1.29 is 13.2 Å². The molecular formula is C24H26ClN5O3S. The highest BCUT2D eigenvalue weighted by Crippen LogP contribution is 2.53. The molecule has 1 saturated heterocycles. The van der Waals surface area contributed by atoms with E-state index in [2.05, 4.69) is 26.0 Å². The number of anilines is 3. The van der Waals surface area contributed by atoms with Gasteiger partial charge in [-0.25, -0.2) is 13.4 Å². The lowest BCUT2D eigenvalue weighted by molar-refractivity contribution is 0.102. The number of nitrogens with one attached hydrogen (secondary N) is 2. The third-order valence-corrected chi connectivity index (χ3v) is 7.30. The summed E-state index contributed by atoms with van der Waals surface area (Å²) < 4.78 is 27.3. The first-order valence-corrected chi connectivity index (χ1v) is 13.4. The topological polar surface area (TPSA) is 96.3 Å². The van der Waals surface area contributed by atoms with Crippen molar-refractivity contribution >= 4 is 44.6 Å². The van der Waals surface area contributed by atoms with Crippen LogP contribution in [0.2, 0.25) is 5.02 Å². The molecule has 34 heavy (non-hydrogen) atoms. The third-order valence-electron chi connectivity index (χ3n) is 6.47. The number of carbonyl (C=O) groups excluding carboxylic acids is 1. The predicted octanol–water partition coefficient (Wildman–Crippen LogP) is 4.45. The molecule has 1 spiro atoms. The Hall–Kier alpha value is -3.04. The van der Waals surface area contributed by atoms with E-state index in [4.69, 9.17) is 11.6 Å². The number of aryl methyl sites for hydroxylation is 1. The van der Waals surface area contributed by atoms with Gasteiger partial charge in [-0.15, -0.1) is 0 Å². The zero-order chi connectivity index (χ0) is 24.1. The molecule has 2 N–H and O–H groups in total. The van der Waals surface area contributed by atoms with Crippen LogP contribution in [0.1, 0.15) is 35.3 Å². The molecule has 0 bridgehead atoms. The molecule has 3 heterocycles. The van der Waals surface area contributed by atoms with Crippen LogP contribution in [0.3, 0.4) is 0 Å². The summed E-state index contributed by atoms with van der Waals surface area (Å²) in [6.07, 6.45) is 8.63. The molecule has 1 amide bonds. The van der Waals surface area contributed by atoms with E-state index in [1.807, 2.05) is 23.8 Å². The molecule has 0 atom stereocenters. The number of hydrogen-bond donors (Lipinski definition) is 2. The molecule has 1 aliphatic heterocycles. The zero-order valence-corrected chi connectivity index (χ0v) is 20.6. The van der Waals surface area contributed by atoms with Crippen molar-refractivity contribution in [1.29, 1.82) is 0 Å². The second kappa shape index (κ2) is 8.32. The molecule has 10 heteroatoms. The van der Waals surface area contributed by atoms with E-state index >= 15 is 0 Å². The maximum Gasteiger partial charge on any atom is 0.257 e. The van der Waals surface area contributed by atoms with Gasteiger partial charge in [-0.1, -0.05) is 11.6 Å². The molecule has 8 nitrogen and oxygen atoms in total. The first kappa shape index (κ1) is 22.7. The molecule has 2 fully saturated rings. The van der Waals surface area contributed by atoms with Crippen LogP contribution in [0.15, 0.2) is 48.8 Å². The van der Waals surface area contributed by atoms with Crippen molar-refractivity contribution in [2.24, 2.45) is 5.41 Å². The highest BCUT2D eigenvalue weighted by molar-refractivity contribution is 7.92.